The van der Waals surface area contributed by atoms with E-state index in [0.29, 0.717) is 64.6 Å². The van der Waals surface area contributed by atoms with Gasteiger partial charge in [0, 0.05) is 25.2 Å². The first-order valence-corrected chi connectivity index (χ1v) is 10.6. The molecule has 0 saturated carbocycles. The highest BCUT2D eigenvalue weighted by molar-refractivity contribution is 7.18. The molecular weight excluding hydrogens is 420 g/mol. The van der Waals surface area contributed by atoms with Crippen LogP contribution in [0.5, 0.6) is 11.5 Å². The summed E-state index contributed by atoms with van der Waals surface area (Å²) < 4.78 is 21.3. The molecule has 1 amide bonds. The number of hydrogen-bond donors (Lipinski definition) is 1. The zero-order valence-electron chi connectivity index (χ0n) is 17.2. The molecule has 0 spiro atoms. The Morgan fingerprint density at radius 2 is 1.97 bits per heavy atom. The normalized spacial score (nSPS) is 14.3. The number of carbonyl (C=O) groups is 2. The van der Waals surface area contributed by atoms with E-state index in [4.69, 9.17) is 18.6 Å². The van der Waals surface area contributed by atoms with Gasteiger partial charge in [-0.25, -0.2) is 4.98 Å². The smallest absolute Gasteiger partial charge is 0.261 e. The second-order valence-corrected chi connectivity index (χ2v) is 7.94. The fraction of sp³-hybridized carbons (Fsp3) is 0.318. The maximum atomic E-state index is 13.2. The number of Topliss-reactive ketones (excluding diaryl/α,β-unsaturated/α-hetero) is 1. The lowest BCUT2D eigenvalue weighted by Gasteiger charge is -2.20. The average molecular weight is 442 g/mol. The Bertz CT molecular complexity index is 1070. The van der Waals surface area contributed by atoms with Gasteiger partial charge in [-0.15, -0.1) is 0 Å². The Morgan fingerprint density at radius 3 is 2.65 bits per heavy atom. The predicted molar refractivity (Wildman–Crippen MR) is 115 cm³/mol. The molecule has 0 atom stereocenters. The number of methoxy groups -OCH3 is 2. The van der Waals surface area contributed by atoms with Crippen LogP contribution in [0.2, 0.25) is 0 Å². The summed E-state index contributed by atoms with van der Waals surface area (Å²) in [6, 6.07) is 8.40. The summed E-state index contributed by atoms with van der Waals surface area (Å²) >= 11 is 1.14. The SMILES string of the molecule is COc1ccc(C(=O)Nc2nc(-c3ccco3)c(C(=O)C3CCOCC3)s2)c(OC)c1. The first-order valence-electron chi connectivity index (χ1n) is 9.80. The summed E-state index contributed by atoms with van der Waals surface area (Å²) in [5.41, 5.74) is 0.763. The van der Waals surface area contributed by atoms with Gasteiger partial charge in [-0.2, -0.15) is 0 Å². The van der Waals surface area contributed by atoms with Crippen molar-refractivity contribution < 1.29 is 28.2 Å². The molecule has 3 heterocycles. The maximum absolute atomic E-state index is 13.2. The van der Waals surface area contributed by atoms with E-state index in [-0.39, 0.29) is 11.7 Å². The van der Waals surface area contributed by atoms with Gasteiger partial charge in [-0.3, -0.25) is 14.9 Å². The highest BCUT2D eigenvalue weighted by Gasteiger charge is 2.29. The Kier molecular flexibility index (Phi) is 6.34. The number of ether oxygens (including phenoxy) is 3. The number of thiazole rings is 1. The molecule has 1 aliphatic rings. The number of carbonyl (C=O) groups excluding carboxylic acids is 2. The van der Waals surface area contributed by atoms with E-state index in [0.717, 1.165) is 11.3 Å². The first kappa shape index (κ1) is 21.1. The number of furan rings is 1. The van der Waals surface area contributed by atoms with E-state index in [1.54, 1.807) is 30.3 Å². The molecule has 3 aromatic rings. The molecule has 8 nitrogen and oxygen atoms in total. The van der Waals surface area contributed by atoms with Crippen molar-refractivity contribution in [1.82, 2.24) is 4.98 Å². The quantitative estimate of drug-likeness (QED) is 0.545. The number of rotatable bonds is 7. The fourth-order valence-electron chi connectivity index (χ4n) is 3.42. The van der Waals surface area contributed by atoms with Crippen LogP contribution in [0.4, 0.5) is 5.13 Å². The molecule has 0 bridgehead atoms. The van der Waals surface area contributed by atoms with Gasteiger partial charge in [-0.05, 0) is 37.1 Å². The van der Waals surface area contributed by atoms with Crippen molar-refractivity contribution in [1.29, 1.82) is 0 Å². The van der Waals surface area contributed by atoms with Crippen molar-refractivity contribution >= 4 is 28.2 Å². The summed E-state index contributed by atoms with van der Waals surface area (Å²) in [4.78, 5) is 31.0. The third-order valence-corrected chi connectivity index (χ3v) is 6.06. The summed E-state index contributed by atoms with van der Waals surface area (Å²) in [6.45, 7) is 1.12. The predicted octanol–water partition coefficient (Wildman–Crippen LogP) is 4.28. The van der Waals surface area contributed by atoms with Gasteiger partial charge in [-0.1, -0.05) is 11.3 Å². The standard InChI is InChI=1S/C22H22N2O6S/c1-27-14-5-6-15(17(12-14)28-2)21(26)24-22-23-18(16-4-3-9-30-16)20(31-22)19(25)13-7-10-29-11-8-13/h3-6,9,12-13H,7-8,10-11H2,1-2H3,(H,23,24,26). The number of aromatic nitrogens is 1. The second kappa shape index (κ2) is 9.32. The van der Waals surface area contributed by atoms with E-state index >= 15 is 0 Å². The molecule has 4 rings (SSSR count). The fourth-order valence-corrected chi connectivity index (χ4v) is 4.40. The van der Waals surface area contributed by atoms with Gasteiger partial charge in [0.05, 0.1) is 26.0 Å². The summed E-state index contributed by atoms with van der Waals surface area (Å²) in [7, 11) is 3.02. The van der Waals surface area contributed by atoms with Crippen LogP contribution < -0.4 is 14.8 Å². The van der Waals surface area contributed by atoms with Crippen LogP contribution >= 0.6 is 11.3 Å². The molecule has 1 aromatic carbocycles. The van der Waals surface area contributed by atoms with Crippen molar-refractivity contribution in [3.05, 3.63) is 47.0 Å². The van der Waals surface area contributed by atoms with Crippen LogP contribution in [0.3, 0.4) is 0 Å². The molecule has 0 aliphatic carbocycles. The summed E-state index contributed by atoms with van der Waals surface area (Å²) in [5, 5.41) is 3.09. The lowest BCUT2D eigenvalue weighted by molar-refractivity contribution is 0.0547. The maximum Gasteiger partial charge on any atom is 0.261 e. The van der Waals surface area contributed by atoms with Crippen molar-refractivity contribution in [3.63, 3.8) is 0 Å². The van der Waals surface area contributed by atoms with E-state index in [1.807, 2.05) is 0 Å². The van der Waals surface area contributed by atoms with Crippen molar-refractivity contribution in [3.8, 4) is 23.0 Å². The van der Waals surface area contributed by atoms with Crippen molar-refractivity contribution in [2.45, 2.75) is 12.8 Å². The van der Waals surface area contributed by atoms with Gasteiger partial charge in [0.15, 0.2) is 16.7 Å². The van der Waals surface area contributed by atoms with E-state index < -0.39 is 5.91 Å². The lowest BCUT2D eigenvalue weighted by atomic mass is 9.94. The Hall–Kier alpha value is -3.17. The minimum atomic E-state index is -0.399. The van der Waals surface area contributed by atoms with Crippen LogP contribution in [-0.4, -0.2) is 44.1 Å². The molecule has 9 heteroatoms. The summed E-state index contributed by atoms with van der Waals surface area (Å²) in [5.74, 6) is 0.895. The third-order valence-electron chi connectivity index (χ3n) is 5.07. The largest absolute Gasteiger partial charge is 0.497 e. The number of hydrogen-bond acceptors (Lipinski definition) is 8. The minimum absolute atomic E-state index is 0.00488. The number of anilines is 1. The molecule has 0 unspecified atom stereocenters. The van der Waals surface area contributed by atoms with Crippen molar-refractivity contribution in [2.75, 3.05) is 32.8 Å². The van der Waals surface area contributed by atoms with E-state index in [9.17, 15) is 9.59 Å². The first-order chi connectivity index (χ1) is 15.1. The number of nitrogens with zero attached hydrogens (tertiary/aromatic N) is 1. The van der Waals surface area contributed by atoms with Crippen LogP contribution in [0, 0.1) is 5.92 Å². The van der Waals surface area contributed by atoms with Gasteiger partial charge >= 0.3 is 0 Å². The number of benzene rings is 1. The molecule has 0 radical (unpaired) electrons. The zero-order valence-corrected chi connectivity index (χ0v) is 18.0. The van der Waals surface area contributed by atoms with Gasteiger partial charge in [0.25, 0.3) is 5.91 Å². The molecular formula is C22H22N2O6S. The molecule has 1 aliphatic heterocycles. The van der Waals surface area contributed by atoms with Gasteiger partial charge in [0.1, 0.15) is 22.1 Å². The highest BCUT2D eigenvalue weighted by atomic mass is 32.1. The Labute approximate surface area is 183 Å². The molecule has 1 saturated heterocycles. The summed E-state index contributed by atoms with van der Waals surface area (Å²) in [6.07, 6.45) is 2.86. The van der Waals surface area contributed by atoms with Crippen LogP contribution in [0.25, 0.3) is 11.5 Å². The third kappa shape index (κ3) is 4.47. The molecule has 1 N–H and O–H groups in total. The van der Waals surface area contributed by atoms with E-state index in [1.165, 1.54) is 20.5 Å². The van der Waals surface area contributed by atoms with Crippen molar-refractivity contribution in [2.24, 2.45) is 5.92 Å². The lowest BCUT2D eigenvalue weighted by Crippen LogP contribution is -2.23. The molecule has 1 fully saturated rings. The Balaban J connectivity index is 1.63. The van der Waals surface area contributed by atoms with Crippen LogP contribution in [0.15, 0.2) is 41.0 Å². The number of nitrogens with one attached hydrogen (secondary N) is 1. The average Bonchev–Trinajstić information content (AvgIpc) is 3.48. The highest BCUT2D eigenvalue weighted by Crippen LogP contribution is 2.35. The van der Waals surface area contributed by atoms with Gasteiger partial charge < -0.3 is 18.6 Å². The van der Waals surface area contributed by atoms with E-state index in [2.05, 4.69) is 10.3 Å². The zero-order chi connectivity index (χ0) is 21.8. The van der Waals surface area contributed by atoms with Crippen LogP contribution in [-0.2, 0) is 4.74 Å². The van der Waals surface area contributed by atoms with Crippen LogP contribution in [0.1, 0.15) is 32.9 Å². The minimum Gasteiger partial charge on any atom is -0.497 e. The Morgan fingerprint density at radius 1 is 1.16 bits per heavy atom. The molecule has 2 aromatic heterocycles. The number of ketones is 1. The van der Waals surface area contributed by atoms with Gasteiger partial charge in [0.2, 0.25) is 0 Å². The topological polar surface area (TPSA) is 99.9 Å². The number of amides is 1. The monoisotopic (exact) mass is 442 g/mol. The molecule has 162 valence electrons. The second-order valence-electron chi connectivity index (χ2n) is 6.95. The molecule has 31 heavy (non-hydrogen) atoms.